The van der Waals surface area contributed by atoms with Gasteiger partial charge in [0.05, 0.1) is 12.7 Å². The first-order valence-corrected chi connectivity index (χ1v) is 7.71. The summed E-state index contributed by atoms with van der Waals surface area (Å²) in [5.74, 6) is 0.784. The molecule has 0 radical (unpaired) electrons. The van der Waals surface area contributed by atoms with Gasteiger partial charge in [-0.2, -0.15) is 0 Å². The molecule has 2 saturated carbocycles. The Kier molecular flexibility index (Phi) is 5.46. The van der Waals surface area contributed by atoms with Crippen molar-refractivity contribution in [3.8, 4) is 0 Å². The second-order valence-corrected chi connectivity index (χ2v) is 6.33. The summed E-state index contributed by atoms with van der Waals surface area (Å²) in [7, 11) is 0. The van der Waals surface area contributed by atoms with E-state index in [1.54, 1.807) is 0 Å². The van der Waals surface area contributed by atoms with Gasteiger partial charge in [0.1, 0.15) is 0 Å². The molecule has 1 atom stereocenters. The largest absolute Gasteiger partial charge is 0.389 e. The summed E-state index contributed by atoms with van der Waals surface area (Å²) < 4.78 is 5.50. The normalized spacial score (nSPS) is 24.3. The number of ether oxygens (including phenoxy) is 1. The van der Waals surface area contributed by atoms with Gasteiger partial charge < -0.3 is 15.2 Å². The third-order valence-corrected chi connectivity index (χ3v) is 4.65. The highest BCUT2D eigenvalue weighted by molar-refractivity contribution is 4.85. The molecule has 0 saturated heterocycles. The topological polar surface area (TPSA) is 41.5 Å². The zero-order chi connectivity index (χ0) is 12.8. The lowest BCUT2D eigenvalue weighted by Crippen LogP contribution is -2.37. The molecule has 106 valence electrons. The number of aliphatic hydroxyl groups is 1. The molecule has 18 heavy (non-hydrogen) atoms. The SMILES string of the molecule is CCC1(CNCC(O)COCC2CC2)CCCC1. The Morgan fingerprint density at radius 3 is 2.67 bits per heavy atom. The number of hydrogen-bond acceptors (Lipinski definition) is 3. The minimum absolute atomic E-state index is 0.348. The molecule has 0 aliphatic heterocycles. The van der Waals surface area contributed by atoms with Crippen LogP contribution < -0.4 is 5.32 Å². The van der Waals surface area contributed by atoms with Crippen LogP contribution in [0.3, 0.4) is 0 Å². The Bertz CT molecular complexity index is 235. The van der Waals surface area contributed by atoms with Gasteiger partial charge in [0, 0.05) is 19.7 Å². The van der Waals surface area contributed by atoms with Crippen LogP contribution in [0.2, 0.25) is 0 Å². The molecule has 2 aliphatic carbocycles. The molecule has 2 fully saturated rings. The first-order valence-electron chi connectivity index (χ1n) is 7.71. The van der Waals surface area contributed by atoms with E-state index in [1.807, 2.05) is 0 Å². The quantitative estimate of drug-likeness (QED) is 0.664. The van der Waals surface area contributed by atoms with Crippen molar-refractivity contribution in [1.29, 1.82) is 0 Å². The zero-order valence-electron chi connectivity index (χ0n) is 11.8. The Morgan fingerprint density at radius 2 is 2.06 bits per heavy atom. The van der Waals surface area contributed by atoms with Crippen LogP contribution in [0, 0.1) is 11.3 Å². The molecular formula is C15H29NO2. The van der Waals surface area contributed by atoms with Crippen molar-refractivity contribution in [2.24, 2.45) is 11.3 Å². The van der Waals surface area contributed by atoms with E-state index in [2.05, 4.69) is 12.2 Å². The van der Waals surface area contributed by atoms with Gasteiger partial charge in [-0.15, -0.1) is 0 Å². The van der Waals surface area contributed by atoms with Crippen molar-refractivity contribution in [1.82, 2.24) is 5.32 Å². The molecule has 2 N–H and O–H groups in total. The van der Waals surface area contributed by atoms with Crippen LogP contribution in [0.1, 0.15) is 51.9 Å². The molecule has 0 amide bonds. The third kappa shape index (κ3) is 4.52. The first-order chi connectivity index (χ1) is 8.74. The zero-order valence-corrected chi connectivity index (χ0v) is 11.8. The van der Waals surface area contributed by atoms with Gasteiger partial charge in [-0.05, 0) is 43.4 Å². The molecule has 3 nitrogen and oxygen atoms in total. The summed E-state index contributed by atoms with van der Waals surface area (Å²) in [5.41, 5.74) is 0.509. The van der Waals surface area contributed by atoms with Gasteiger partial charge in [-0.25, -0.2) is 0 Å². The number of hydrogen-bond donors (Lipinski definition) is 2. The van der Waals surface area contributed by atoms with Crippen molar-refractivity contribution in [2.45, 2.75) is 58.0 Å². The maximum Gasteiger partial charge on any atom is 0.0897 e. The summed E-state index contributed by atoms with van der Waals surface area (Å²) in [6.45, 7) is 5.36. The van der Waals surface area contributed by atoms with E-state index in [4.69, 9.17) is 4.74 Å². The van der Waals surface area contributed by atoms with E-state index in [0.29, 0.717) is 18.6 Å². The van der Waals surface area contributed by atoms with Crippen LogP contribution in [0.5, 0.6) is 0 Å². The molecule has 2 rings (SSSR count). The molecule has 0 aromatic heterocycles. The van der Waals surface area contributed by atoms with E-state index < -0.39 is 0 Å². The fourth-order valence-corrected chi connectivity index (χ4v) is 3.00. The maximum absolute atomic E-state index is 9.83. The van der Waals surface area contributed by atoms with Crippen molar-refractivity contribution >= 4 is 0 Å². The maximum atomic E-state index is 9.83. The van der Waals surface area contributed by atoms with E-state index in [-0.39, 0.29) is 6.10 Å². The van der Waals surface area contributed by atoms with Gasteiger partial charge >= 0.3 is 0 Å². The third-order valence-electron chi connectivity index (χ3n) is 4.65. The molecule has 1 unspecified atom stereocenters. The van der Waals surface area contributed by atoms with Crippen LogP contribution in [0.25, 0.3) is 0 Å². The molecule has 0 bridgehead atoms. The van der Waals surface area contributed by atoms with Crippen LogP contribution in [-0.2, 0) is 4.74 Å². The van der Waals surface area contributed by atoms with Gasteiger partial charge in [0.2, 0.25) is 0 Å². The van der Waals surface area contributed by atoms with Crippen LogP contribution in [0.15, 0.2) is 0 Å². The van der Waals surface area contributed by atoms with E-state index in [0.717, 1.165) is 19.1 Å². The highest BCUT2D eigenvalue weighted by Gasteiger charge is 2.31. The molecule has 3 heteroatoms. The average Bonchev–Trinajstić information content (AvgIpc) is 3.07. The fraction of sp³-hybridized carbons (Fsp3) is 1.00. The predicted octanol–water partition coefficient (Wildman–Crippen LogP) is 2.33. The van der Waals surface area contributed by atoms with Gasteiger partial charge in [0.25, 0.3) is 0 Å². The van der Waals surface area contributed by atoms with Crippen LogP contribution in [-0.4, -0.2) is 37.5 Å². The van der Waals surface area contributed by atoms with Gasteiger partial charge in [-0.1, -0.05) is 19.8 Å². The Balaban J connectivity index is 1.52. The average molecular weight is 255 g/mol. The highest BCUT2D eigenvalue weighted by Crippen LogP contribution is 2.40. The lowest BCUT2D eigenvalue weighted by molar-refractivity contribution is 0.0311. The highest BCUT2D eigenvalue weighted by atomic mass is 16.5. The summed E-state index contributed by atoms with van der Waals surface area (Å²) in [4.78, 5) is 0. The molecule has 2 aliphatic rings. The predicted molar refractivity (Wildman–Crippen MR) is 73.6 cm³/mol. The Hall–Kier alpha value is -0.120. The fourth-order valence-electron chi connectivity index (χ4n) is 3.00. The smallest absolute Gasteiger partial charge is 0.0897 e. The summed E-state index contributed by atoms with van der Waals surface area (Å²) in [5, 5.41) is 13.3. The number of nitrogens with one attached hydrogen (secondary N) is 1. The summed E-state index contributed by atoms with van der Waals surface area (Å²) in [6.07, 6.45) is 8.99. The standard InChI is InChI=1S/C15H29NO2/c1-2-15(7-3-4-8-15)12-16-9-14(17)11-18-10-13-5-6-13/h13-14,16-17H,2-12H2,1H3. The van der Waals surface area contributed by atoms with Gasteiger partial charge in [0.15, 0.2) is 0 Å². The second-order valence-electron chi connectivity index (χ2n) is 6.33. The van der Waals surface area contributed by atoms with Crippen molar-refractivity contribution in [2.75, 3.05) is 26.3 Å². The Morgan fingerprint density at radius 1 is 1.33 bits per heavy atom. The minimum Gasteiger partial charge on any atom is -0.389 e. The van der Waals surface area contributed by atoms with E-state index >= 15 is 0 Å². The number of aliphatic hydroxyl groups excluding tert-OH is 1. The lowest BCUT2D eigenvalue weighted by atomic mass is 9.83. The molecule has 0 heterocycles. The van der Waals surface area contributed by atoms with E-state index in [1.165, 1.54) is 44.9 Å². The summed E-state index contributed by atoms with van der Waals surface area (Å²) in [6, 6.07) is 0. The first kappa shape index (κ1) is 14.3. The summed E-state index contributed by atoms with van der Waals surface area (Å²) >= 11 is 0. The van der Waals surface area contributed by atoms with E-state index in [9.17, 15) is 5.11 Å². The molecular weight excluding hydrogens is 226 g/mol. The second kappa shape index (κ2) is 6.88. The van der Waals surface area contributed by atoms with Crippen LogP contribution in [0.4, 0.5) is 0 Å². The van der Waals surface area contributed by atoms with Gasteiger partial charge in [-0.3, -0.25) is 0 Å². The minimum atomic E-state index is -0.348. The number of rotatable bonds is 9. The van der Waals surface area contributed by atoms with Crippen molar-refractivity contribution < 1.29 is 9.84 Å². The van der Waals surface area contributed by atoms with Crippen molar-refractivity contribution in [3.05, 3.63) is 0 Å². The van der Waals surface area contributed by atoms with Crippen LogP contribution >= 0.6 is 0 Å². The monoisotopic (exact) mass is 255 g/mol. The molecule has 0 aromatic rings. The molecule has 0 aromatic carbocycles. The van der Waals surface area contributed by atoms with Crippen molar-refractivity contribution in [3.63, 3.8) is 0 Å². The lowest BCUT2D eigenvalue weighted by Gasteiger charge is -2.28. The molecule has 0 spiro atoms. The Labute approximate surface area is 111 Å².